The molecule has 1 aromatic heterocycles. The van der Waals surface area contributed by atoms with Crippen LogP contribution in [0.2, 0.25) is 0 Å². The normalized spacial score (nSPS) is 11.4. The van der Waals surface area contributed by atoms with Crippen LogP contribution in [-0.2, 0) is 19.5 Å². The van der Waals surface area contributed by atoms with Crippen molar-refractivity contribution in [2.24, 2.45) is 0 Å². The fourth-order valence-corrected chi connectivity index (χ4v) is 5.28. The lowest BCUT2D eigenvalue weighted by Crippen LogP contribution is -2.37. The van der Waals surface area contributed by atoms with Gasteiger partial charge in [0.1, 0.15) is 18.9 Å². The minimum atomic E-state index is 0.998. The van der Waals surface area contributed by atoms with Crippen molar-refractivity contribution in [2.45, 2.75) is 155 Å². The van der Waals surface area contributed by atoms with Crippen molar-refractivity contribution in [1.29, 1.82) is 0 Å². The van der Waals surface area contributed by atoms with Crippen molar-refractivity contribution < 1.29 is 4.57 Å². The summed E-state index contributed by atoms with van der Waals surface area (Å²) >= 11 is 0. The average molecular weight is 482 g/mol. The number of rotatable bonds is 23. The summed E-state index contributed by atoms with van der Waals surface area (Å²) in [6.07, 6.45) is 32.6. The van der Waals surface area contributed by atoms with Gasteiger partial charge in [-0.25, -0.2) is 9.13 Å². The summed E-state index contributed by atoms with van der Waals surface area (Å²) < 4.78 is 5.08. The Morgan fingerprint density at radius 2 is 1.06 bits per heavy atom. The number of unbranched alkanes of at least 4 members (excludes halogenated alkanes) is 17. The van der Waals surface area contributed by atoms with Gasteiger partial charge in [-0.05, 0) is 24.8 Å². The maximum Gasteiger partial charge on any atom is 0.256 e. The van der Waals surface area contributed by atoms with Crippen molar-refractivity contribution in [2.75, 3.05) is 0 Å². The lowest BCUT2D eigenvalue weighted by molar-refractivity contribution is -0.704. The molecule has 198 valence electrons. The summed E-state index contributed by atoms with van der Waals surface area (Å²) in [7, 11) is 0. The van der Waals surface area contributed by atoms with Gasteiger partial charge < -0.3 is 0 Å². The minimum Gasteiger partial charge on any atom is -0.234 e. The average Bonchev–Trinajstić information content (AvgIpc) is 3.25. The summed E-state index contributed by atoms with van der Waals surface area (Å²) in [6.45, 7) is 6.79. The number of aromatic nitrogens is 2. The number of aryl methyl sites for hydroxylation is 1. The van der Waals surface area contributed by atoms with Crippen LogP contribution in [0.4, 0.5) is 0 Å². The second-order valence-corrected chi connectivity index (χ2v) is 10.8. The molecule has 2 aromatic rings. The molecule has 0 aliphatic carbocycles. The Kier molecular flexibility index (Phi) is 17.5. The molecule has 0 radical (unpaired) electrons. The Bertz CT molecular complexity index is 718. The Morgan fingerprint density at radius 3 is 1.60 bits per heavy atom. The first kappa shape index (κ1) is 29.7. The van der Waals surface area contributed by atoms with E-state index in [0.29, 0.717) is 0 Å². The predicted molar refractivity (Wildman–Crippen MR) is 153 cm³/mol. The molecular formula is C33H57N2+. The minimum absolute atomic E-state index is 0.998. The molecule has 2 rings (SSSR count). The molecular weight excluding hydrogens is 424 g/mol. The van der Waals surface area contributed by atoms with E-state index >= 15 is 0 Å². The lowest BCUT2D eigenvalue weighted by Gasteiger charge is -2.07. The van der Waals surface area contributed by atoms with E-state index < -0.39 is 0 Å². The quantitative estimate of drug-likeness (QED) is 0.110. The zero-order chi connectivity index (χ0) is 24.8. The van der Waals surface area contributed by atoms with Gasteiger partial charge in [0.15, 0.2) is 0 Å². The first-order chi connectivity index (χ1) is 17.3. The summed E-state index contributed by atoms with van der Waals surface area (Å²) in [6, 6.07) is 11.0. The Hall–Kier alpha value is -1.57. The van der Waals surface area contributed by atoms with Crippen molar-refractivity contribution >= 4 is 0 Å². The van der Waals surface area contributed by atoms with E-state index in [1.54, 1.807) is 0 Å². The van der Waals surface area contributed by atoms with E-state index in [-0.39, 0.29) is 0 Å². The van der Waals surface area contributed by atoms with Crippen LogP contribution in [0.5, 0.6) is 0 Å². The van der Waals surface area contributed by atoms with Crippen LogP contribution in [0.1, 0.15) is 147 Å². The van der Waals surface area contributed by atoms with Gasteiger partial charge in [0.05, 0.1) is 6.54 Å². The second kappa shape index (κ2) is 20.6. The molecule has 0 fully saturated rings. The van der Waals surface area contributed by atoms with Gasteiger partial charge in [-0.15, -0.1) is 0 Å². The Morgan fingerprint density at radius 1 is 0.571 bits per heavy atom. The number of benzene rings is 1. The van der Waals surface area contributed by atoms with Crippen LogP contribution < -0.4 is 4.57 Å². The predicted octanol–water partition coefficient (Wildman–Crippen LogP) is 9.82. The number of imidazole rings is 1. The van der Waals surface area contributed by atoms with Crippen molar-refractivity contribution in [1.82, 2.24) is 4.57 Å². The molecule has 1 heterocycles. The summed E-state index contributed by atoms with van der Waals surface area (Å²) in [4.78, 5) is 0. The number of hydrogen-bond donors (Lipinski definition) is 0. The van der Waals surface area contributed by atoms with Crippen molar-refractivity contribution in [3.8, 4) is 0 Å². The highest BCUT2D eigenvalue weighted by Gasteiger charge is 2.17. The molecule has 0 saturated carbocycles. The van der Waals surface area contributed by atoms with Crippen LogP contribution in [0.15, 0.2) is 42.7 Å². The Balaban J connectivity index is 1.71. The monoisotopic (exact) mass is 481 g/mol. The molecule has 1 aromatic carbocycles. The molecule has 0 atom stereocenters. The second-order valence-electron chi connectivity index (χ2n) is 10.8. The zero-order valence-electron chi connectivity index (χ0n) is 23.5. The van der Waals surface area contributed by atoms with Crippen LogP contribution in [0.3, 0.4) is 0 Å². The van der Waals surface area contributed by atoms with Crippen molar-refractivity contribution in [3.63, 3.8) is 0 Å². The molecule has 0 unspecified atom stereocenters. The summed E-state index contributed by atoms with van der Waals surface area (Å²) in [5, 5.41) is 0. The fourth-order valence-electron chi connectivity index (χ4n) is 5.28. The highest BCUT2D eigenvalue weighted by molar-refractivity contribution is 5.15. The largest absolute Gasteiger partial charge is 0.256 e. The molecule has 0 spiro atoms. The van der Waals surface area contributed by atoms with Gasteiger partial charge in [-0.2, -0.15) is 0 Å². The molecule has 0 saturated heterocycles. The number of hydrogen-bond acceptors (Lipinski definition) is 0. The molecule has 35 heavy (non-hydrogen) atoms. The van der Waals surface area contributed by atoms with Gasteiger partial charge in [0.25, 0.3) is 5.82 Å². The third-order valence-corrected chi connectivity index (χ3v) is 7.54. The molecule has 0 aliphatic heterocycles. The third kappa shape index (κ3) is 13.9. The van der Waals surface area contributed by atoms with Crippen molar-refractivity contribution in [3.05, 3.63) is 54.1 Å². The fraction of sp³-hybridized carbons (Fsp3) is 0.727. The van der Waals surface area contributed by atoms with Gasteiger partial charge in [-0.3, -0.25) is 0 Å². The first-order valence-electron chi connectivity index (χ1n) is 15.5. The van der Waals surface area contributed by atoms with Crippen LogP contribution in [-0.4, -0.2) is 4.57 Å². The maximum absolute atomic E-state index is 2.57. The van der Waals surface area contributed by atoms with Crippen LogP contribution >= 0.6 is 0 Å². The van der Waals surface area contributed by atoms with Gasteiger partial charge >= 0.3 is 0 Å². The van der Waals surface area contributed by atoms with Crippen LogP contribution in [0.25, 0.3) is 0 Å². The molecule has 0 N–H and O–H groups in total. The Labute approximate surface area is 218 Å². The smallest absolute Gasteiger partial charge is 0.234 e. The highest BCUT2D eigenvalue weighted by Crippen LogP contribution is 2.14. The van der Waals surface area contributed by atoms with E-state index in [4.69, 9.17) is 0 Å². The van der Waals surface area contributed by atoms with E-state index in [1.165, 1.54) is 146 Å². The zero-order valence-corrected chi connectivity index (χ0v) is 23.5. The standard InChI is InChI=1S/C33H57N2/c1-3-5-7-9-11-13-14-15-17-19-24-28-34-29-30-35(31-32-25-21-20-22-26-32)33(34)27-23-18-16-12-10-8-6-4-2/h20-22,25-26,29-30H,3-19,23-24,27-28,31H2,1-2H3/q+1. The van der Waals surface area contributed by atoms with E-state index in [9.17, 15) is 0 Å². The maximum atomic E-state index is 2.57. The summed E-state index contributed by atoms with van der Waals surface area (Å²) in [5.41, 5.74) is 1.40. The topological polar surface area (TPSA) is 8.81 Å². The molecule has 2 nitrogen and oxygen atoms in total. The lowest BCUT2D eigenvalue weighted by atomic mass is 10.1. The number of nitrogens with zero attached hydrogens (tertiary/aromatic N) is 2. The SMILES string of the molecule is CCCCCCCCCCCCC[n+]1ccn(Cc2ccccc2)c1CCCCCCCCCC. The van der Waals surface area contributed by atoms with Crippen LogP contribution in [0, 0.1) is 0 Å². The molecule has 0 aliphatic rings. The summed E-state index contributed by atoms with van der Waals surface area (Å²) in [5.74, 6) is 1.53. The van der Waals surface area contributed by atoms with Gasteiger partial charge in [-0.1, -0.05) is 147 Å². The van der Waals surface area contributed by atoms with Gasteiger partial charge in [0.2, 0.25) is 0 Å². The van der Waals surface area contributed by atoms with E-state index in [1.807, 2.05) is 0 Å². The molecule has 0 bridgehead atoms. The molecule has 2 heteroatoms. The third-order valence-electron chi connectivity index (χ3n) is 7.54. The van der Waals surface area contributed by atoms with Gasteiger partial charge in [0, 0.05) is 6.42 Å². The van der Waals surface area contributed by atoms with E-state index in [2.05, 4.69) is 65.7 Å². The molecule has 0 amide bonds. The van der Waals surface area contributed by atoms with E-state index in [0.717, 1.165) is 6.54 Å². The highest BCUT2D eigenvalue weighted by atomic mass is 15.1. The first-order valence-corrected chi connectivity index (χ1v) is 15.5.